The van der Waals surface area contributed by atoms with Gasteiger partial charge in [0.15, 0.2) is 0 Å². The van der Waals surface area contributed by atoms with Crippen molar-refractivity contribution in [1.29, 1.82) is 0 Å². The molecule has 1 saturated heterocycles. The lowest BCUT2D eigenvalue weighted by atomic mass is 10.2. The maximum Gasteiger partial charge on any atom is 0.223 e. The van der Waals surface area contributed by atoms with Crippen LogP contribution in [-0.2, 0) is 16.1 Å². The average molecular weight is 273 g/mol. The second-order valence-electron chi connectivity index (χ2n) is 5.21. The van der Waals surface area contributed by atoms with Gasteiger partial charge < -0.3 is 9.64 Å². The van der Waals surface area contributed by atoms with Gasteiger partial charge >= 0.3 is 0 Å². The standard InChI is InChI=1S/C17H23NO2/c1-2-3-11-17(19)18-12-7-10-16(18)14-20-13-15-8-5-4-6-9-15/h2,4-6,8-9,16H,1,3,7,10-14H2/t16-/m0/s1. The number of nitrogens with zero attached hydrogens (tertiary/aromatic N) is 1. The molecular formula is C17H23NO2. The number of ether oxygens (including phenoxy) is 1. The Labute approximate surface area is 121 Å². The van der Waals surface area contributed by atoms with Crippen LogP contribution in [0.3, 0.4) is 0 Å². The van der Waals surface area contributed by atoms with E-state index in [1.54, 1.807) is 6.08 Å². The number of likely N-dealkylation sites (tertiary alicyclic amines) is 1. The van der Waals surface area contributed by atoms with Crippen molar-refractivity contribution in [3.63, 3.8) is 0 Å². The van der Waals surface area contributed by atoms with Gasteiger partial charge in [0.2, 0.25) is 5.91 Å². The summed E-state index contributed by atoms with van der Waals surface area (Å²) in [5.41, 5.74) is 1.18. The summed E-state index contributed by atoms with van der Waals surface area (Å²) in [6.07, 6.45) is 5.26. The van der Waals surface area contributed by atoms with Crippen LogP contribution in [0.1, 0.15) is 31.2 Å². The van der Waals surface area contributed by atoms with Gasteiger partial charge in [-0.3, -0.25) is 4.79 Å². The number of amides is 1. The van der Waals surface area contributed by atoms with E-state index in [-0.39, 0.29) is 11.9 Å². The van der Waals surface area contributed by atoms with E-state index >= 15 is 0 Å². The molecule has 0 unspecified atom stereocenters. The minimum Gasteiger partial charge on any atom is -0.375 e. The van der Waals surface area contributed by atoms with Crippen molar-refractivity contribution in [3.05, 3.63) is 48.6 Å². The van der Waals surface area contributed by atoms with Gasteiger partial charge in [-0.15, -0.1) is 6.58 Å². The van der Waals surface area contributed by atoms with Crippen LogP contribution in [0, 0.1) is 0 Å². The molecule has 0 saturated carbocycles. The van der Waals surface area contributed by atoms with Crippen molar-refractivity contribution in [2.45, 2.75) is 38.3 Å². The third-order valence-corrected chi connectivity index (χ3v) is 3.68. The second kappa shape index (κ2) is 7.85. The van der Waals surface area contributed by atoms with E-state index in [9.17, 15) is 4.79 Å². The number of hydrogen-bond donors (Lipinski definition) is 0. The van der Waals surface area contributed by atoms with Crippen LogP contribution in [0.25, 0.3) is 0 Å². The number of rotatable bonds is 7. The summed E-state index contributed by atoms with van der Waals surface area (Å²) in [7, 11) is 0. The molecule has 1 heterocycles. The molecule has 1 amide bonds. The predicted octanol–water partition coefficient (Wildman–Crippen LogP) is 3.16. The molecule has 1 aromatic rings. The van der Waals surface area contributed by atoms with E-state index in [1.807, 2.05) is 23.1 Å². The lowest BCUT2D eigenvalue weighted by Crippen LogP contribution is -2.38. The van der Waals surface area contributed by atoms with Crippen molar-refractivity contribution < 1.29 is 9.53 Å². The molecular weight excluding hydrogens is 250 g/mol. The molecule has 0 spiro atoms. The van der Waals surface area contributed by atoms with Gasteiger partial charge in [-0.2, -0.15) is 0 Å². The summed E-state index contributed by atoms with van der Waals surface area (Å²) >= 11 is 0. The van der Waals surface area contributed by atoms with Gasteiger partial charge in [0.25, 0.3) is 0 Å². The quantitative estimate of drug-likeness (QED) is 0.714. The third kappa shape index (κ3) is 4.20. The van der Waals surface area contributed by atoms with Crippen LogP contribution >= 0.6 is 0 Å². The summed E-state index contributed by atoms with van der Waals surface area (Å²) < 4.78 is 5.77. The number of hydrogen-bond acceptors (Lipinski definition) is 2. The van der Waals surface area contributed by atoms with Crippen LogP contribution < -0.4 is 0 Å². The van der Waals surface area contributed by atoms with Gasteiger partial charge in [-0.1, -0.05) is 36.4 Å². The highest BCUT2D eigenvalue weighted by molar-refractivity contribution is 5.77. The molecule has 0 radical (unpaired) electrons. The lowest BCUT2D eigenvalue weighted by Gasteiger charge is -2.24. The molecule has 3 nitrogen and oxygen atoms in total. The zero-order valence-electron chi connectivity index (χ0n) is 12.0. The molecule has 1 fully saturated rings. The van der Waals surface area contributed by atoms with E-state index in [2.05, 4.69) is 18.7 Å². The first-order valence-electron chi connectivity index (χ1n) is 7.33. The number of benzene rings is 1. The molecule has 1 aliphatic rings. The fraction of sp³-hybridized carbons (Fsp3) is 0.471. The normalized spacial score (nSPS) is 18.2. The SMILES string of the molecule is C=CCCC(=O)N1CCC[C@H]1COCc1ccccc1. The fourth-order valence-corrected chi connectivity index (χ4v) is 2.59. The summed E-state index contributed by atoms with van der Waals surface area (Å²) in [4.78, 5) is 14.1. The Kier molecular flexibility index (Phi) is 5.81. The highest BCUT2D eigenvalue weighted by Crippen LogP contribution is 2.19. The molecule has 3 heteroatoms. The maximum atomic E-state index is 12.1. The molecule has 0 aliphatic carbocycles. The Morgan fingerprint density at radius 2 is 2.20 bits per heavy atom. The first-order chi connectivity index (χ1) is 9.81. The van der Waals surface area contributed by atoms with Crippen LogP contribution in [0.15, 0.2) is 43.0 Å². The first-order valence-corrected chi connectivity index (χ1v) is 7.33. The van der Waals surface area contributed by atoms with Crippen LogP contribution in [0.4, 0.5) is 0 Å². The molecule has 108 valence electrons. The Morgan fingerprint density at radius 1 is 1.40 bits per heavy atom. The summed E-state index contributed by atoms with van der Waals surface area (Å²) in [5.74, 6) is 0.232. The Bertz CT molecular complexity index is 430. The average Bonchev–Trinajstić information content (AvgIpc) is 2.94. The molecule has 0 bridgehead atoms. The molecule has 1 aromatic carbocycles. The van der Waals surface area contributed by atoms with Gasteiger partial charge in [0, 0.05) is 13.0 Å². The number of carbonyl (C=O) groups is 1. The zero-order valence-corrected chi connectivity index (χ0v) is 12.0. The van der Waals surface area contributed by atoms with E-state index in [4.69, 9.17) is 4.74 Å². The second-order valence-corrected chi connectivity index (χ2v) is 5.21. The van der Waals surface area contributed by atoms with E-state index < -0.39 is 0 Å². The van der Waals surface area contributed by atoms with Gasteiger partial charge in [0.1, 0.15) is 0 Å². The molecule has 1 atom stereocenters. The fourth-order valence-electron chi connectivity index (χ4n) is 2.59. The molecule has 0 aromatic heterocycles. The Morgan fingerprint density at radius 3 is 2.95 bits per heavy atom. The Hall–Kier alpha value is -1.61. The topological polar surface area (TPSA) is 29.5 Å². The minimum absolute atomic E-state index is 0.232. The predicted molar refractivity (Wildman–Crippen MR) is 80.3 cm³/mol. The molecule has 2 rings (SSSR count). The minimum atomic E-state index is 0.232. The van der Waals surface area contributed by atoms with Crippen LogP contribution in [0.2, 0.25) is 0 Å². The van der Waals surface area contributed by atoms with E-state index in [0.29, 0.717) is 19.6 Å². The van der Waals surface area contributed by atoms with Gasteiger partial charge in [-0.05, 0) is 24.8 Å². The van der Waals surface area contributed by atoms with Crippen molar-refractivity contribution in [3.8, 4) is 0 Å². The highest BCUT2D eigenvalue weighted by Gasteiger charge is 2.28. The van der Waals surface area contributed by atoms with Gasteiger partial charge in [-0.25, -0.2) is 0 Å². The number of carbonyl (C=O) groups excluding carboxylic acids is 1. The van der Waals surface area contributed by atoms with Crippen molar-refractivity contribution >= 4 is 5.91 Å². The van der Waals surface area contributed by atoms with Crippen LogP contribution in [0.5, 0.6) is 0 Å². The number of allylic oxidation sites excluding steroid dienone is 1. The van der Waals surface area contributed by atoms with Crippen molar-refractivity contribution in [2.75, 3.05) is 13.2 Å². The molecule has 1 aliphatic heterocycles. The maximum absolute atomic E-state index is 12.1. The third-order valence-electron chi connectivity index (χ3n) is 3.68. The monoisotopic (exact) mass is 273 g/mol. The highest BCUT2D eigenvalue weighted by atomic mass is 16.5. The van der Waals surface area contributed by atoms with E-state index in [1.165, 1.54) is 5.56 Å². The van der Waals surface area contributed by atoms with Crippen molar-refractivity contribution in [2.24, 2.45) is 0 Å². The summed E-state index contributed by atoms with van der Waals surface area (Å²) in [6.45, 7) is 5.79. The van der Waals surface area contributed by atoms with E-state index in [0.717, 1.165) is 25.8 Å². The molecule has 20 heavy (non-hydrogen) atoms. The van der Waals surface area contributed by atoms with Gasteiger partial charge in [0.05, 0.1) is 19.3 Å². The largest absolute Gasteiger partial charge is 0.375 e. The first kappa shape index (κ1) is 14.8. The zero-order chi connectivity index (χ0) is 14.2. The Balaban J connectivity index is 1.76. The summed E-state index contributed by atoms with van der Waals surface area (Å²) in [6, 6.07) is 10.4. The van der Waals surface area contributed by atoms with Crippen molar-refractivity contribution in [1.82, 2.24) is 4.90 Å². The molecule has 0 N–H and O–H groups in total. The lowest BCUT2D eigenvalue weighted by molar-refractivity contribution is -0.133. The van der Waals surface area contributed by atoms with Crippen LogP contribution in [-0.4, -0.2) is 30.0 Å². The smallest absolute Gasteiger partial charge is 0.223 e. The summed E-state index contributed by atoms with van der Waals surface area (Å²) in [5, 5.41) is 0.